The third-order valence-corrected chi connectivity index (χ3v) is 2.58. The summed E-state index contributed by atoms with van der Waals surface area (Å²) in [6, 6.07) is 0.274. The van der Waals surface area contributed by atoms with Gasteiger partial charge in [-0.25, -0.2) is 0 Å². The smallest absolute Gasteiger partial charge is 0.0546 e. The first-order valence-corrected chi connectivity index (χ1v) is 3.96. The third kappa shape index (κ3) is 1.50. The molecule has 0 aromatic heterocycles. The second-order valence-corrected chi connectivity index (χ2v) is 4.03. The van der Waals surface area contributed by atoms with Crippen molar-refractivity contribution in [1.82, 2.24) is 0 Å². The van der Waals surface area contributed by atoms with Gasteiger partial charge in [0, 0.05) is 6.04 Å². The molecule has 0 bridgehead atoms. The van der Waals surface area contributed by atoms with Crippen molar-refractivity contribution in [2.45, 2.75) is 45.3 Å². The predicted octanol–water partition coefficient (Wildman–Crippen LogP) is 0.885. The van der Waals surface area contributed by atoms with Crippen LogP contribution in [-0.2, 0) is 0 Å². The van der Waals surface area contributed by atoms with Gasteiger partial charge < -0.3 is 10.8 Å². The number of rotatable bonds is 0. The molecular weight excluding hydrogens is 126 g/mol. The van der Waals surface area contributed by atoms with Crippen LogP contribution in [0, 0.1) is 5.41 Å². The Labute approximate surface area is 62.4 Å². The Morgan fingerprint density at radius 2 is 2.00 bits per heavy atom. The van der Waals surface area contributed by atoms with Gasteiger partial charge in [0.25, 0.3) is 0 Å². The van der Waals surface area contributed by atoms with Gasteiger partial charge >= 0.3 is 0 Å². The molecule has 0 amide bonds. The summed E-state index contributed by atoms with van der Waals surface area (Å²) in [5.41, 5.74) is 6.00. The molecule has 2 nitrogen and oxygen atoms in total. The van der Waals surface area contributed by atoms with Crippen molar-refractivity contribution in [3.8, 4) is 0 Å². The number of aliphatic hydroxyl groups is 1. The van der Waals surface area contributed by atoms with Gasteiger partial charge in [0.2, 0.25) is 0 Å². The molecule has 0 heterocycles. The molecule has 3 N–H and O–H groups in total. The summed E-state index contributed by atoms with van der Waals surface area (Å²) in [5, 5.41) is 9.31. The maximum Gasteiger partial charge on any atom is 0.0546 e. The first kappa shape index (κ1) is 8.02. The summed E-state index contributed by atoms with van der Waals surface area (Å²) in [4.78, 5) is 0. The van der Waals surface area contributed by atoms with Crippen LogP contribution in [0.4, 0.5) is 0 Å². The summed E-state index contributed by atoms with van der Waals surface area (Å²) in [6.07, 6.45) is 2.59. The molecule has 0 radical (unpaired) electrons. The Kier molecular flexibility index (Phi) is 2.02. The lowest BCUT2D eigenvalue weighted by Crippen LogP contribution is -2.44. The van der Waals surface area contributed by atoms with E-state index in [1.807, 2.05) is 0 Å². The van der Waals surface area contributed by atoms with Crippen molar-refractivity contribution in [2.24, 2.45) is 11.1 Å². The maximum atomic E-state index is 9.31. The van der Waals surface area contributed by atoms with E-state index < -0.39 is 0 Å². The molecule has 1 aliphatic rings. The molecule has 0 aromatic carbocycles. The van der Waals surface area contributed by atoms with Crippen molar-refractivity contribution >= 4 is 0 Å². The molecular formula is C8H17NO. The van der Waals surface area contributed by atoms with E-state index in [0.717, 1.165) is 19.3 Å². The van der Waals surface area contributed by atoms with Crippen LogP contribution in [0.15, 0.2) is 0 Å². The quantitative estimate of drug-likeness (QED) is 0.529. The second-order valence-electron chi connectivity index (χ2n) is 4.03. The lowest BCUT2D eigenvalue weighted by atomic mass is 9.72. The highest BCUT2D eigenvalue weighted by molar-refractivity contribution is 4.88. The summed E-state index contributed by atoms with van der Waals surface area (Å²) < 4.78 is 0. The molecule has 1 saturated carbocycles. The van der Waals surface area contributed by atoms with E-state index in [1.165, 1.54) is 0 Å². The van der Waals surface area contributed by atoms with Crippen LogP contribution in [0.2, 0.25) is 0 Å². The molecule has 0 aromatic rings. The molecule has 10 heavy (non-hydrogen) atoms. The molecule has 0 saturated heterocycles. The van der Waals surface area contributed by atoms with Crippen LogP contribution in [0.5, 0.6) is 0 Å². The van der Waals surface area contributed by atoms with Gasteiger partial charge in [-0.15, -0.1) is 0 Å². The van der Waals surface area contributed by atoms with E-state index in [9.17, 15) is 5.11 Å². The SMILES string of the molecule is CC1(C)CC(O)CCC1N. The van der Waals surface area contributed by atoms with Crippen LogP contribution in [0.25, 0.3) is 0 Å². The number of hydrogen-bond donors (Lipinski definition) is 2. The summed E-state index contributed by atoms with van der Waals surface area (Å²) >= 11 is 0. The molecule has 60 valence electrons. The normalized spacial score (nSPS) is 39.6. The van der Waals surface area contributed by atoms with Crippen LogP contribution >= 0.6 is 0 Å². The Morgan fingerprint density at radius 3 is 2.40 bits per heavy atom. The lowest BCUT2D eigenvalue weighted by Gasteiger charge is -2.38. The minimum absolute atomic E-state index is 0.116. The Bertz CT molecular complexity index is 122. The minimum atomic E-state index is -0.116. The van der Waals surface area contributed by atoms with E-state index in [-0.39, 0.29) is 17.6 Å². The second kappa shape index (κ2) is 2.51. The molecule has 0 spiro atoms. The zero-order valence-electron chi connectivity index (χ0n) is 6.80. The molecule has 0 aliphatic heterocycles. The van der Waals surface area contributed by atoms with Crippen LogP contribution in [0.1, 0.15) is 33.1 Å². The number of hydrogen-bond acceptors (Lipinski definition) is 2. The number of aliphatic hydroxyl groups excluding tert-OH is 1. The van der Waals surface area contributed by atoms with Gasteiger partial charge in [-0.1, -0.05) is 13.8 Å². The molecule has 1 aliphatic carbocycles. The van der Waals surface area contributed by atoms with E-state index >= 15 is 0 Å². The topological polar surface area (TPSA) is 46.2 Å². The average Bonchev–Trinajstić information content (AvgIpc) is 1.78. The highest BCUT2D eigenvalue weighted by Crippen LogP contribution is 2.34. The highest BCUT2D eigenvalue weighted by Gasteiger charge is 2.33. The summed E-state index contributed by atoms with van der Waals surface area (Å²) in [5.74, 6) is 0. The Balaban J connectivity index is 2.55. The zero-order valence-corrected chi connectivity index (χ0v) is 6.80. The van der Waals surface area contributed by atoms with Gasteiger partial charge in [-0.2, -0.15) is 0 Å². The molecule has 1 rings (SSSR count). The van der Waals surface area contributed by atoms with Gasteiger partial charge in [0.15, 0.2) is 0 Å². The van der Waals surface area contributed by atoms with E-state index in [2.05, 4.69) is 13.8 Å². The first-order chi connectivity index (χ1) is 4.52. The molecule has 2 heteroatoms. The standard InChI is InChI=1S/C8H17NO/c1-8(2)5-6(10)3-4-7(8)9/h6-7,10H,3-5,9H2,1-2H3. The van der Waals surface area contributed by atoms with Crippen molar-refractivity contribution < 1.29 is 5.11 Å². The Hall–Kier alpha value is -0.0800. The van der Waals surface area contributed by atoms with Gasteiger partial charge in [-0.3, -0.25) is 0 Å². The third-order valence-electron chi connectivity index (χ3n) is 2.58. The predicted molar refractivity (Wildman–Crippen MR) is 41.6 cm³/mol. The van der Waals surface area contributed by atoms with E-state index in [1.54, 1.807) is 0 Å². The average molecular weight is 143 g/mol. The maximum absolute atomic E-state index is 9.31. The summed E-state index contributed by atoms with van der Waals surface area (Å²) in [7, 11) is 0. The molecule has 2 unspecified atom stereocenters. The fourth-order valence-corrected chi connectivity index (χ4v) is 1.62. The van der Waals surface area contributed by atoms with Crippen molar-refractivity contribution in [2.75, 3.05) is 0 Å². The van der Waals surface area contributed by atoms with Crippen LogP contribution < -0.4 is 5.73 Å². The van der Waals surface area contributed by atoms with Crippen molar-refractivity contribution in [3.63, 3.8) is 0 Å². The van der Waals surface area contributed by atoms with Gasteiger partial charge in [0.1, 0.15) is 0 Å². The first-order valence-electron chi connectivity index (χ1n) is 3.96. The molecule has 2 atom stereocenters. The number of nitrogens with two attached hydrogens (primary N) is 1. The fraction of sp³-hybridized carbons (Fsp3) is 1.00. The van der Waals surface area contributed by atoms with Crippen molar-refractivity contribution in [1.29, 1.82) is 0 Å². The summed E-state index contributed by atoms with van der Waals surface area (Å²) in [6.45, 7) is 4.25. The van der Waals surface area contributed by atoms with Crippen LogP contribution in [-0.4, -0.2) is 17.3 Å². The van der Waals surface area contributed by atoms with E-state index in [4.69, 9.17) is 5.73 Å². The highest BCUT2D eigenvalue weighted by atomic mass is 16.3. The fourth-order valence-electron chi connectivity index (χ4n) is 1.62. The zero-order chi connectivity index (χ0) is 7.78. The lowest BCUT2D eigenvalue weighted by molar-refractivity contribution is 0.0519. The minimum Gasteiger partial charge on any atom is -0.393 e. The van der Waals surface area contributed by atoms with Crippen LogP contribution in [0.3, 0.4) is 0 Å². The van der Waals surface area contributed by atoms with Gasteiger partial charge in [-0.05, 0) is 24.7 Å². The Morgan fingerprint density at radius 1 is 1.40 bits per heavy atom. The van der Waals surface area contributed by atoms with Gasteiger partial charge in [0.05, 0.1) is 6.10 Å². The van der Waals surface area contributed by atoms with E-state index in [0.29, 0.717) is 0 Å². The largest absolute Gasteiger partial charge is 0.393 e. The molecule has 1 fully saturated rings. The van der Waals surface area contributed by atoms with Crippen molar-refractivity contribution in [3.05, 3.63) is 0 Å². The monoisotopic (exact) mass is 143 g/mol.